The van der Waals surface area contributed by atoms with E-state index in [1.54, 1.807) is 17.2 Å². The number of hydrogen-bond donors (Lipinski definition) is 1. The lowest BCUT2D eigenvalue weighted by molar-refractivity contribution is -0.125. The molecule has 2 aliphatic rings. The highest BCUT2D eigenvalue weighted by molar-refractivity contribution is 6.32. The molecular weight excluding hydrogens is 442 g/mol. The predicted octanol–water partition coefficient (Wildman–Crippen LogP) is 4.38. The van der Waals surface area contributed by atoms with Crippen molar-refractivity contribution in [2.24, 2.45) is 5.92 Å². The van der Waals surface area contributed by atoms with Gasteiger partial charge in [0.2, 0.25) is 5.91 Å². The summed E-state index contributed by atoms with van der Waals surface area (Å²) in [4.78, 5) is 26.7. The van der Waals surface area contributed by atoms with Gasteiger partial charge in [0.15, 0.2) is 5.75 Å². The van der Waals surface area contributed by atoms with Crippen molar-refractivity contribution in [2.45, 2.75) is 25.4 Å². The smallest absolute Gasteiger partial charge is 0.246 e. The van der Waals surface area contributed by atoms with Gasteiger partial charge in [-0.3, -0.25) is 4.79 Å². The van der Waals surface area contributed by atoms with Gasteiger partial charge in [-0.1, -0.05) is 18.2 Å². The van der Waals surface area contributed by atoms with Gasteiger partial charge < -0.3 is 19.7 Å². The van der Waals surface area contributed by atoms with Crippen LogP contribution >= 0.6 is 11.6 Å². The average molecular weight is 466 g/mol. The fourth-order valence-corrected chi connectivity index (χ4v) is 3.97. The summed E-state index contributed by atoms with van der Waals surface area (Å²) in [6.45, 7) is 5.42. The zero-order chi connectivity index (χ0) is 22.8. The molecule has 1 aliphatic heterocycles. The minimum Gasteiger partial charge on any atom is -0.490 e. The van der Waals surface area contributed by atoms with Crippen LogP contribution in [0, 0.1) is 5.92 Å². The van der Waals surface area contributed by atoms with Gasteiger partial charge in [-0.15, -0.1) is 0 Å². The molecule has 0 unspecified atom stereocenters. The number of benzene rings is 1. The van der Waals surface area contributed by atoms with E-state index in [-0.39, 0.29) is 12.0 Å². The third-order valence-electron chi connectivity index (χ3n) is 5.78. The van der Waals surface area contributed by atoms with Crippen molar-refractivity contribution in [1.29, 1.82) is 0 Å². The van der Waals surface area contributed by atoms with Gasteiger partial charge in [-0.2, -0.15) is 0 Å². The van der Waals surface area contributed by atoms with Crippen molar-refractivity contribution in [1.82, 2.24) is 19.9 Å². The highest BCUT2D eigenvalue weighted by Gasteiger charge is 2.26. The summed E-state index contributed by atoms with van der Waals surface area (Å²) in [5, 5.41) is 4.51. The van der Waals surface area contributed by atoms with E-state index in [0.29, 0.717) is 53.8 Å². The van der Waals surface area contributed by atoms with E-state index in [0.717, 1.165) is 17.3 Å². The second kappa shape index (κ2) is 9.23. The van der Waals surface area contributed by atoms with Gasteiger partial charge in [0.05, 0.1) is 29.9 Å². The molecule has 1 aromatic carbocycles. The molecule has 1 N–H and O–H groups in total. The number of aromatic nitrogens is 3. The van der Waals surface area contributed by atoms with Gasteiger partial charge in [0.1, 0.15) is 29.8 Å². The van der Waals surface area contributed by atoms with Crippen molar-refractivity contribution in [2.75, 3.05) is 25.0 Å². The summed E-state index contributed by atoms with van der Waals surface area (Å²) in [6, 6.07) is 7.37. The number of halogens is 1. The summed E-state index contributed by atoms with van der Waals surface area (Å²) >= 11 is 6.39. The number of carbonyl (C=O) groups excluding carboxylic acids is 1. The van der Waals surface area contributed by atoms with Crippen LogP contribution in [0.3, 0.4) is 0 Å². The normalized spacial score (nSPS) is 17.7. The zero-order valence-electron chi connectivity index (χ0n) is 18.0. The maximum absolute atomic E-state index is 11.8. The van der Waals surface area contributed by atoms with E-state index in [2.05, 4.69) is 26.8 Å². The number of nitrogens with one attached hydrogen (secondary N) is 1. The van der Waals surface area contributed by atoms with E-state index < -0.39 is 0 Å². The van der Waals surface area contributed by atoms with Crippen LogP contribution in [0.2, 0.25) is 5.02 Å². The van der Waals surface area contributed by atoms with Crippen molar-refractivity contribution >= 4 is 40.0 Å². The lowest BCUT2D eigenvalue weighted by Gasteiger charge is -2.16. The van der Waals surface area contributed by atoms with E-state index >= 15 is 0 Å². The number of carbonyl (C=O) groups is 1. The number of nitrogens with zero attached hydrogens (tertiary/aromatic N) is 4. The number of ether oxygens (including phenoxy) is 2. The van der Waals surface area contributed by atoms with Crippen LogP contribution in [0.25, 0.3) is 10.9 Å². The van der Waals surface area contributed by atoms with Crippen LogP contribution in [0.4, 0.5) is 11.6 Å². The Labute approximate surface area is 196 Å². The molecule has 1 saturated carbocycles. The van der Waals surface area contributed by atoms with Gasteiger partial charge in [-0.05, 0) is 43.0 Å². The Hall–Kier alpha value is -3.39. The molecule has 9 heteroatoms. The van der Waals surface area contributed by atoms with Gasteiger partial charge in [-0.25, -0.2) is 15.0 Å². The van der Waals surface area contributed by atoms with Crippen LogP contribution in [0.1, 0.15) is 19.3 Å². The second-order valence-corrected chi connectivity index (χ2v) is 8.70. The van der Waals surface area contributed by atoms with Crippen molar-refractivity contribution in [3.63, 3.8) is 0 Å². The molecule has 0 spiro atoms. The van der Waals surface area contributed by atoms with Crippen molar-refractivity contribution in [3.8, 4) is 11.5 Å². The Morgan fingerprint density at radius 1 is 1.24 bits per heavy atom. The van der Waals surface area contributed by atoms with E-state index in [4.69, 9.17) is 21.1 Å². The monoisotopic (exact) mass is 465 g/mol. The van der Waals surface area contributed by atoms with Crippen molar-refractivity contribution < 1.29 is 14.3 Å². The largest absolute Gasteiger partial charge is 0.490 e. The molecular formula is C24H24ClN5O3. The molecule has 1 atom stereocenters. The van der Waals surface area contributed by atoms with Gasteiger partial charge >= 0.3 is 0 Å². The molecule has 1 amide bonds. The Balaban J connectivity index is 1.31. The number of fused-ring (bicyclic) bond motifs is 1. The minimum atomic E-state index is -0.0744. The molecule has 3 heterocycles. The van der Waals surface area contributed by atoms with E-state index in [1.807, 2.05) is 18.2 Å². The second-order valence-electron chi connectivity index (χ2n) is 8.30. The van der Waals surface area contributed by atoms with Gasteiger partial charge in [0.25, 0.3) is 0 Å². The average Bonchev–Trinajstić information content (AvgIpc) is 3.54. The number of hydrogen-bond acceptors (Lipinski definition) is 7. The van der Waals surface area contributed by atoms with Crippen LogP contribution in [-0.4, -0.2) is 51.6 Å². The van der Waals surface area contributed by atoms with Crippen molar-refractivity contribution in [3.05, 3.63) is 54.5 Å². The minimum absolute atomic E-state index is 0.0731. The standard InChI is InChI=1S/C24H24ClN5O3/c1-2-23(31)30-8-7-17(12-30)33-16-5-6-20-18(9-16)24(28-14-27-20)29-22-10-19(25)21(11-26-22)32-13-15-3-4-15/h2,5-6,9-11,14-15,17H,1,3-4,7-8,12-13H2,(H,26,27,28,29)/t17-/m0/s1. The van der Waals surface area contributed by atoms with Crippen LogP contribution in [0.5, 0.6) is 11.5 Å². The first kappa shape index (κ1) is 21.5. The topological polar surface area (TPSA) is 89.5 Å². The highest BCUT2D eigenvalue weighted by atomic mass is 35.5. The summed E-state index contributed by atoms with van der Waals surface area (Å²) in [6.07, 6.45) is 7.57. The van der Waals surface area contributed by atoms with Gasteiger partial charge in [0, 0.05) is 24.4 Å². The molecule has 0 radical (unpaired) electrons. The molecule has 8 nitrogen and oxygen atoms in total. The third-order valence-corrected chi connectivity index (χ3v) is 6.07. The summed E-state index contributed by atoms with van der Waals surface area (Å²) in [7, 11) is 0. The Morgan fingerprint density at radius 2 is 2.12 bits per heavy atom. The molecule has 3 aromatic rings. The molecule has 0 bridgehead atoms. The molecule has 2 aromatic heterocycles. The van der Waals surface area contributed by atoms with E-state index in [1.165, 1.54) is 25.2 Å². The summed E-state index contributed by atoms with van der Waals surface area (Å²) in [5.41, 5.74) is 0.769. The van der Waals surface area contributed by atoms with Crippen LogP contribution < -0.4 is 14.8 Å². The molecule has 5 rings (SSSR count). The number of likely N-dealkylation sites (tertiary alicyclic amines) is 1. The van der Waals surface area contributed by atoms with Crippen LogP contribution in [0.15, 0.2) is 49.4 Å². The third kappa shape index (κ3) is 5.01. The Morgan fingerprint density at radius 3 is 2.91 bits per heavy atom. The quantitative estimate of drug-likeness (QED) is 0.494. The maximum atomic E-state index is 11.8. The Kier molecular flexibility index (Phi) is 6.00. The molecule has 33 heavy (non-hydrogen) atoms. The van der Waals surface area contributed by atoms with Crippen LogP contribution in [-0.2, 0) is 4.79 Å². The highest BCUT2D eigenvalue weighted by Crippen LogP contribution is 2.33. The van der Waals surface area contributed by atoms with E-state index in [9.17, 15) is 4.79 Å². The number of rotatable bonds is 8. The molecule has 2 fully saturated rings. The molecule has 170 valence electrons. The first-order chi connectivity index (χ1) is 16.1. The summed E-state index contributed by atoms with van der Waals surface area (Å²) in [5.74, 6) is 2.98. The lowest BCUT2D eigenvalue weighted by Crippen LogP contribution is -2.29. The molecule has 1 aliphatic carbocycles. The fourth-order valence-electron chi connectivity index (χ4n) is 3.76. The fraction of sp³-hybridized carbons (Fsp3) is 0.333. The first-order valence-electron chi connectivity index (χ1n) is 11.0. The maximum Gasteiger partial charge on any atom is 0.246 e. The SMILES string of the molecule is C=CC(=O)N1CC[C@H](Oc2ccc3ncnc(Nc4cc(Cl)c(OCC5CC5)cn4)c3c2)C1. The lowest BCUT2D eigenvalue weighted by atomic mass is 10.2. The Bertz CT molecular complexity index is 1200. The zero-order valence-corrected chi connectivity index (χ0v) is 18.8. The first-order valence-corrected chi connectivity index (χ1v) is 11.3. The number of amides is 1. The predicted molar refractivity (Wildman–Crippen MR) is 126 cm³/mol. The number of pyridine rings is 1. The summed E-state index contributed by atoms with van der Waals surface area (Å²) < 4.78 is 11.9. The molecule has 1 saturated heterocycles. The number of anilines is 2.